The Morgan fingerprint density at radius 2 is 2.26 bits per heavy atom. The number of rotatable bonds is 6. The Balaban J connectivity index is 2.09. The number of aromatic nitrogens is 4. The lowest BCUT2D eigenvalue weighted by Crippen LogP contribution is -2.21. The molecule has 2 rings (SSSR count). The summed E-state index contributed by atoms with van der Waals surface area (Å²) in [7, 11) is 1.83. The number of nitrogens with one attached hydrogen (secondary N) is 1. The molecule has 6 heteroatoms. The number of anilines is 1. The number of ether oxygens (including phenoxy) is 1. The third-order valence-corrected chi connectivity index (χ3v) is 2.73. The second-order valence-electron chi connectivity index (χ2n) is 4.41. The molecule has 0 saturated carbocycles. The van der Waals surface area contributed by atoms with E-state index in [1.807, 2.05) is 38.2 Å². The Kier molecular flexibility index (Phi) is 4.46. The van der Waals surface area contributed by atoms with Crippen LogP contribution in [0.1, 0.15) is 13.8 Å². The molecular formula is C13H19N5O. The molecule has 2 aromatic rings. The van der Waals surface area contributed by atoms with Crippen LogP contribution in [0, 0.1) is 0 Å². The van der Waals surface area contributed by atoms with Gasteiger partial charge in [0.2, 0.25) is 0 Å². The third-order valence-electron chi connectivity index (χ3n) is 2.73. The molecule has 1 heterocycles. The van der Waals surface area contributed by atoms with E-state index in [1.165, 1.54) is 0 Å². The minimum absolute atomic E-state index is 0.257. The lowest BCUT2D eigenvalue weighted by molar-refractivity contribution is 0.141. The van der Waals surface area contributed by atoms with Gasteiger partial charge in [0.1, 0.15) is 0 Å². The van der Waals surface area contributed by atoms with Gasteiger partial charge < -0.3 is 10.1 Å². The van der Waals surface area contributed by atoms with Gasteiger partial charge in [-0.15, -0.1) is 5.10 Å². The first kappa shape index (κ1) is 13.5. The van der Waals surface area contributed by atoms with E-state index in [-0.39, 0.29) is 6.04 Å². The summed E-state index contributed by atoms with van der Waals surface area (Å²) in [4.78, 5) is 0. The molecule has 0 fully saturated rings. The molecule has 1 N–H and O–H groups in total. The fourth-order valence-corrected chi connectivity index (χ4v) is 1.84. The average molecular weight is 261 g/mol. The zero-order valence-electron chi connectivity index (χ0n) is 11.5. The van der Waals surface area contributed by atoms with Gasteiger partial charge in [-0.1, -0.05) is 12.1 Å². The second kappa shape index (κ2) is 6.29. The highest BCUT2D eigenvalue weighted by Gasteiger charge is 2.07. The molecular weight excluding hydrogens is 242 g/mol. The summed E-state index contributed by atoms with van der Waals surface area (Å²) in [6.07, 6.45) is 0. The second-order valence-corrected chi connectivity index (χ2v) is 4.41. The predicted octanol–water partition coefficient (Wildman–Crippen LogP) is 1.71. The van der Waals surface area contributed by atoms with E-state index in [2.05, 4.69) is 27.8 Å². The summed E-state index contributed by atoms with van der Waals surface area (Å²) in [5.41, 5.74) is 2.02. The Bertz CT molecular complexity index is 525. The van der Waals surface area contributed by atoms with Gasteiger partial charge in [0.05, 0.1) is 6.61 Å². The van der Waals surface area contributed by atoms with Gasteiger partial charge in [-0.3, -0.25) is 0 Å². The smallest absolute Gasteiger partial charge is 0.181 e. The molecule has 0 spiro atoms. The summed E-state index contributed by atoms with van der Waals surface area (Å²) in [5.74, 6) is 0.751. The largest absolute Gasteiger partial charge is 0.380 e. The molecule has 6 nitrogen and oxygen atoms in total. The maximum Gasteiger partial charge on any atom is 0.181 e. The monoisotopic (exact) mass is 261 g/mol. The molecule has 0 aliphatic carbocycles. The standard InChI is InChI=1S/C13H19N5O/c1-4-19-9-10(2)14-12-7-5-6-11(8-12)13-15-16-17-18(13)3/h5-8,10,14H,4,9H2,1-3H3. The zero-order valence-corrected chi connectivity index (χ0v) is 11.5. The number of hydrogen-bond acceptors (Lipinski definition) is 5. The van der Waals surface area contributed by atoms with Gasteiger partial charge in [0.25, 0.3) is 0 Å². The quantitative estimate of drug-likeness (QED) is 0.857. The van der Waals surface area contributed by atoms with Crippen LogP contribution in [-0.4, -0.2) is 39.5 Å². The van der Waals surface area contributed by atoms with Gasteiger partial charge in [0.15, 0.2) is 5.82 Å². The maximum atomic E-state index is 5.39. The van der Waals surface area contributed by atoms with Crippen LogP contribution in [-0.2, 0) is 11.8 Å². The molecule has 1 unspecified atom stereocenters. The van der Waals surface area contributed by atoms with Crippen molar-refractivity contribution in [2.45, 2.75) is 19.9 Å². The maximum absolute atomic E-state index is 5.39. The van der Waals surface area contributed by atoms with E-state index in [0.717, 1.165) is 23.7 Å². The van der Waals surface area contributed by atoms with E-state index in [0.29, 0.717) is 6.61 Å². The Morgan fingerprint density at radius 1 is 1.42 bits per heavy atom. The van der Waals surface area contributed by atoms with Crippen LogP contribution in [0.25, 0.3) is 11.4 Å². The lowest BCUT2D eigenvalue weighted by atomic mass is 10.2. The van der Waals surface area contributed by atoms with Crippen molar-refractivity contribution in [3.8, 4) is 11.4 Å². The van der Waals surface area contributed by atoms with Crippen LogP contribution in [0.2, 0.25) is 0 Å². The molecule has 1 aromatic heterocycles. The zero-order chi connectivity index (χ0) is 13.7. The molecule has 0 bridgehead atoms. The van der Waals surface area contributed by atoms with Gasteiger partial charge in [-0.05, 0) is 36.4 Å². The Morgan fingerprint density at radius 3 is 2.95 bits per heavy atom. The molecule has 0 saturated heterocycles. The molecule has 19 heavy (non-hydrogen) atoms. The van der Waals surface area contributed by atoms with Crippen LogP contribution in [0.3, 0.4) is 0 Å². The van der Waals surface area contributed by atoms with Crippen molar-refractivity contribution < 1.29 is 4.74 Å². The van der Waals surface area contributed by atoms with Crippen molar-refractivity contribution in [1.82, 2.24) is 20.2 Å². The summed E-state index contributed by atoms with van der Waals surface area (Å²) in [6, 6.07) is 8.29. The van der Waals surface area contributed by atoms with Crippen molar-refractivity contribution >= 4 is 5.69 Å². The molecule has 0 amide bonds. The summed E-state index contributed by atoms with van der Waals surface area (Å²) >= 11 is 0. The van der Waals surface area contributed by atoms with Gasteiger partial charge in [0, 0.05) is 30.9 Å². The fourth-order valence-electron chi connectivity index (χ4n) is 1.84. The van der Waals surface area contributed by atoms with Crippen molar-refractivity contribution in [3.05, 3.63) is 24.3 Å². The Labute approximate surface area is 112 Å². The van der Waals surface area contributed by atoms with Crippen molar-refractivity contribution in [3.63, 3.8) is 0 Å². The number of nitrogens with zero attached hydrogens (tertiary/aromatic N) is 4. The van der Waals surface area contributed by atoms with E-state index in [9.17, 15) is 0 Å². The summed E-state index contributed by atoms with van der Waals surface area (Å²) in [5, 5.41) is 14.9. The molecule has 1 atom stereocenters. The predicted molar refractivity (Wildman–Crippen MR) is 73.8 cm³/mol. The Hall–Kier alpha value is -1.95. The SMILES string of the molecule is CCOCC(C)Nc1cccc(-c2nnnn2C)c1. The molecule has 102 valence electrons. The molecule has 0 radical (unpaired) electrons. The number of aryl methyl sites for hydroxylation is 1. The highest BCUT2D eigenvalue weighted by atomic mass is 16.5. The van der Waals surface area contributed by atoms with Crippen LogP contribution in [0.4, 0.5) is 5.69 Å². The van der Waals surface area contributed by atoms with Crippen LogP contribution < -0.4 is 5.32 Å². The van der Waals surface area contributed by atoms with E-state index in [4.69, 9.17) is 4.74 Å². The van der Waals surface area contributed by atoms with E-state index < -0.39 is 0 Å². The minimum atomic E-state index is 0.257. The first-order chi connectivity index (χ1) is 9.20. The first-order valence-electron chi connectivity index (χ1n) is 6.37. The van der Waals surface area contributed by atoms with E-state index >= 15 is 0 Å². The van der Waals surface area contributed by atoms with Crippen molar-refractivity contribution in [2.75, 3.05) is 18.5 Å². The van der Waals surface area contributed by atoms with E-state index in [1.54, 1.807) is 4.68 Å². The highest BCUT2D eigenvalue weighted by molar-refractivity contribution is 5.62. The molecule has 0 aliphatic heterocycles. The highest BCUT2D eigenvalue weighted by Crippen LogP contribution is 2.19. The van der Waals surface area contributed by atoms with Crippen LogP contribution in [0.15, 0.2) is 24.3 Å². The number of hydrogen-bond donors (Lipinski definition) is 1. The summed E-state index contributed by atoms with van der Waals surface area (Å²) < 4.78 is 7.05. The molecule has 1 aromatic carbocycles. The minimum Gasteiger partial charge on any atom is -0.380 e. The topological polar surface area (TPSA) is 64.9 Å². The normalized spacial score (nSPS) is 12.4. The van der Waals surface area contributed by atoms with Crippen molar-refractivity contribution in [1.29, 1.82) is 0 Å². The van der Waals surface area contributed by atoms with Crippen LogP contribution in [0.5, 0.6) is 0 Å². The number of benzene rings is 1. The number of tetrazole rings is 1. The van der Waals surface area contributed by atoms with Gasteiger partial charge >= 0.3 is 0 Å². The van der Waals surface area contributed by atoms with Crippen LogP contribution >= 0.6 is 0 Å². The lowest BCUT2D eigenvalue weighted by Gasteiger charge is -2.15. The molecule has 0 aliphatic rings. The summed E-state index contributed by atoms with van der Waals surface area (Å²) in [6.45, 7) is 5.50. The third kappa shape index (κ3) is 3.51. The average Bonchev–Trinajstić information content (AvgIpc) is 2.83. The van der Waals surface area contributed by atoms with Gasteiger partial charge in [-0.25, -0.2) is 4.68 Å². The first-order valence-corrected chi connectivity index (χ1v) is 6.37. The van der Waals surface area contributed by atoms with Crippen molar-refractivity contribution in [2.24, 2.45) is 7.05 Å². The van der Waals surface area contributed by atoms with Gasteiger partial charge in [-0.2, -0.15) is 0 Å². The fraction of sp³-hybridized carbons (Fsp3) is 0.462.